The first-order valence-corrected chi connectivity index (χ1v) is 6.67. The van der Waals surface area contributed by atoms with Crippen LogP contribution in [-0.2, 0) is 19.6 Å². The predicted octanol–water partition coefficient (Wildman–Crippen LogP) is 2.13. The van der Waals surface area contributed by atoms with Gasteiger partial charge in [0.15, 0.2) is 17.3 Å². The molecule has 1 N–H and O–H groups in total. The van der Waals surface area contributed by atoms with Gasteiger partial charge >= 0.3 is 0 Å². The van der Waals surface area contributed by atoms with E-state index in [0.29, 0.717) is 18.2 Å². The smallest absolute Gasteiger partial charge is 0.166 e. The highest BCUT2D eigenvalue weighted by Gasteiger charge is 2.12. The zero-order valence-electron chi connectivity index (χ0n) is 11.8. The molecule has 21 heavy (non-hydrogen) atoms. The summed E-state index contributed by atoms with van der Waals surface area (Å²) < 4.78 is 11.0. The molecular weight excluding hydrogens is 290 g/mol. The number of fused-ring (bicyclic) bond motifs is 1. The van der Waals surface area contributed by atoms with Crippen molar-refractivity contribution in [3.63, 3.8) is 0 Å². The fourth-order valence-corrected chi connectivity index (χ4v) is 2.23. The van der Waals surface area contributed by atoms with Gasteiger partial charge in [0.2, 0.25) is 0 Å². The number of aromatic nitrogens is 2. The highest BCUT2D eigenvalue weighted by atomic mass is 35.5. The fraction of sp³-hybridized carbons (Fsp3) is 0.333. The zero-order valence-corrected chi connectivity index (χ0v) is 12.7. The molecule has 1 aromatic carbocycles. The standard InChI is InChI=1S/C15H17N3O2.ClH/c1-19-13-4-2-3-5-14(13)20-10-15-17-9-11-8-16-7-6-12(11)18-15;/h2-5,9,16H,6-8,10H2,1H3;1H. The second kappa shape index (κ2) is 7.24. The van der Waals surface area contributed by atoms with Crippen LogP contribution in [0.15, 0.2) is 30.5 Å². The van der Waals surface area contributed by atoms with E-state index in [4.69, 9.17) is 9.47 Å². The Kier molecular flexibility index (Phi) is 5.36. The molecular formula is C15H18ClN3O2. The molecule has 0 bridgehead atoms. The van der Waals surface area contributed by atoms with Crippen molar-refractivity contribution in [2.24, 2.45) is 0 Å². The van der Waals surface area contributed by atoms with Crippen LogP contribution < -0.4 is 14.8 Å². The van der Waals surface area contributed by atoms with E-state index in [9.17, 15) is 0 Å². The molecule has 0 amide bonds. The molecule has 2 aromatic rings. The molecule has 3 rings (SSSR count). The third kappa shape index (κ3) is 3.62. The summed E-state index contributed by atoms with van der Waals surface area (Å²) in [5.74, 6) is 2.13. The number of halogens is 1. The third-order valence-electron chi connectivity index (χ3n) is 3.28. The Labute approximate surface area is 130 Å². The molecule has 0 atom stereocenters. The molecule has 1 aliphatic rings. The maximum atomic E-state index is 5.74. The maximum absolute atomic E-state index is 5.74. The molecule has 0 saturated heterocycles. The molecule has 0 aliphatic carbocycles. The van der Waals surface area contributed by atoms with Gasteiger partial charge < -0.3 is 14.8 Å². The predicted molar refractivity (Wildman–Crippen MR) is 82.0 cm³/mol. The molecule has 5 nitrogen and oxygen atoms in total. The molecule has 0 saturated carbocycles. The SMILES string of the molecule is COc1ccccc1OCc1ncc2c(n1)CCNC2.Cl. The van der Waals surface area contributed by atoms with Gasteiger partial charge in [-0.1, -0.05) is 12.1 Å². The number of hydrogen-bond donors (Lipinski definition) is 1. The second-order valence-electron chi connectivity index (χ2n) is 4.62. The third-order valence-corrected chi connectivity index (χ3v) is 3.28. The molecule has 0 radical (unpaired) electrons. The summed E-state index contributed by atoms with van der Waals surface area (Å²) >= 11 is 0. The Bertz CT molecular complexity index is 607. The van der Waals surface area contributed by atoms with Crippen molar-refractivity contribution in [3.8, 4) is 11.5 Å². The zero-order chi connectivity index (χ0) is 13.8. The Morgan fingerprint density at radius 2 is 2.05 bits per heavy atom. The number of nitrogens with zero attached hydrogens (tertiary/aromatic N) is 2. The summed E-state index contributed by atoms with van der Waals surface area (Å²) in [4.78, 5) is 8.91. The van der Waals surface area contributed by atoms with E-state index in [1.807, 2.05) is 30.5 Å². The van der Waals surface area contributed by atoms with Crippen molar-refractivity contribution in [1.29, 1.82) is 0 Å². The summed E-state index contributed by atoms with van der Waals surface area (Å²) in [6, 6.07) is 7.57. The minimum Gasteiger partial charge on any atom is -0.493 e. The number of nitrogens with one attached hydrogen (secondary N) is 1. The number of benzene rings is 1. The van der Waals surface area contributed by atoms with Crippen LogP contribution in [0.4, 0.5) is 0 Å². The van der Waals surface area contributed by atoms with Crippen molar-refractivity contribution in [3.05, 3.63) is 47.5 Å². The van der Waals surface area contributed by atoms with E-state index in [1.165, 1.54) is 5.56 Å². The molecule has 2 heterocycles. The monoisotopic (exact) mass is 307 g/mol. The molecule has 6 heteroatoms. The maximum Gasteiger partial charge on any atom is 0.166 e. The van der Waals surface area contributed by atoms with Crippen LogP contribution in [0.3, 0.4) is 0 Å². The normalized spacial score (nSPS) is 13.0. The van der Waals surface area contributed by atoms with Crippen molar-refractivity contribution in [2.45, 2.75) is 19.6 Å². The van der Waals surface area contributed by atoms with Gasteiger partial charge in [-0.25, -0.2) is 9.97 Å². The number of ether oxygens (including phenoxy) is 2. The van der Waals surface area contributed by atoms with Gasteiger partial charge in [-0.2, -0.15) is 0 Å². The number of rotatable bonds is 4. The van der Waals surface area contributed by atoms with Gasteiger partial charge in [-0.05, 0) is 12.1 Å². The molecule has 0 unspecified atom stereocenters. The van der Waals surface area contributed by atoms with E-state index < -0.39 is 0 Å². The lowest BCUT2D eigenvalue weighted by Crippen LogP contribution is -2.25. The first-order valence-electron chi connectivity index (χ1n) is 6.67. The van der Waals surface area contributed by atoms with Gasteiger partial charge in [-0.3, -0.25) is 0 Å². The minimum absolute atomic E-state index is 0. The van der Waals surface area contributed by atoms with Crippen LogP contribution in [0.5, 0.6) is 11.5 Å². The van der Waals surface area contributed by atoms with E-state index in [-0.39, 0.29) is 12.4 Å². The first-order chi connectivity index (χ1) is 9.86. The summed E-state index contributed by atoms with van der Waals surface area (Å²) in [5, 5.41) is 3.31. The van der Waals surface area contributed by atoms with Gasteiger partial charge in [0.1, 0.15) is 6.61 Å². The Hall–Kier alpha value is -1.85. The van der Waals surface area contributed by atoms with Crippen LogP contribution in [0, 0.1) is 0 Å². The van der Waals surface area contributed by atoms with Crippen molar-refractivity contribution in [1.82, 2.24) is 15.3 Å². The first kappa shape index (κ1) is 15.5. The highest BCUT2D eigenvalue weighted by molar-refractivity contribution is 5.85. The van der Waals surface area contributed by atoms with Crippen LogP contribution in [0.1, 0.15) is 17.1 Å². The van der Waals surface area contributed by atoms with Gasteiger partial charge in [0, 0.05) is 37.0 Å². The van der Waals surface area contributed by atoms with E-state index in [1.54, 1.807) is 7.11 Å². The number of hydrogen-bond acceptors (Lipinski definition) is 5. The van der Waals surface area contributed by atoms with E-state index in [2.05, 4.69) is 15.3 Å². The Morgan fingerprint density at radius 1 is 1.24 bits per heavy atom. The minimum atomic E-state index is 0. The molecule has 1 aromatic heterocycles. The van der Waals surface area contributed by atoms with Gasteiger partial charge in [0.05, 0.1) is 7.11 Å². The average molecular weight is 308 g/mol. The number of methoxy groups -OCH3 is 1. The van der Waals surface area contributed by atoms with Crippen molar-refractivity contribution in [2.75, 3.05) is 13.7 Å². The van der Waals surface area contributed by atoms with E-state index >= 15 is 0 Å². The topological polar surface area (TPSA) is 56.3 Å². The lowest BCUT2D eigenvalue weighted by Gasteiger charge is -2.16. The average Bonchev–Trinajstić information content (AvgIpc) is 2.53. The lowest BCUT2D eigenvalue weighted by atomic mass is 10.1. The summed E-state index contributed by atoms with van der Waals surface area (Å²) in [6.45, 7) is 2.17. The number of para-hydroxylation sites is 2. The lowest BCUT2D eigenvalue weighted by molar-refractivity contribution is 0.275. The van der Waals surface area contributed by atoms with Crippen LogP contribution in [0.25, 0.3) is 0 Å². The Balaban J connectivity index is 0.00000161. The Morgan fingerprint density at radius 3 is 2.86 bits per heavy atom. The van der Waals surface area contributed by atoms with Crippen LogP contribution in [0.2, 0.25) is 0 Å². The highest BCUT2D eigenvalue weighted by Crippen LogP contribution is 2.26. The van der Waals surface area contributed by atoms with Crippen LogP contribution in [-0.4, -0.2) is 23.6 Å². The largest absolute Gasteiger partial charge is 0.493 e. The van der Waals surface area contributed by atoms with Gasteiger partial charge in [0.25, 0.3) is 0 Å². The molecule has 112 valence electrons. The molecule has 0 fully saturated rings. The molecule has 0 spiro atoms. The van der Waals surface area contributed by atoms with Gasteiger partial charge in [-0.15, -0.1) is 12.4 Å². The summed E-state index contributed by atoms with van der Waals surface area (Å²) in [5.41, 5.74) is 2.30. The summed E-state index contributed by atoms with van der Waals surface area (Å²) in [7, 11) is 1.63. The summed E-state index contributed by atoms with van der Waals surface area (Å²) in [6.07, 6.45) is 2.83. The second-order valence-corrected chi connectivity index (χ2v) is 4.62. The van der Waals surface area contributed by atoms with Crippen LogP contribution >= 0.6 is 12.4 Å². The molecule has 1 aliphatic heterocycles. The van der Waals surface area contributed by atoms with Crippen molar-refractivity contribution < 1.29 is 9.47 Å². The van der Waals surface area contributed by atoms with E-state index in [0.717, 1.165) is 31.0 Å². The quantitative estimate of drug-likeness (QED) is 0.938. The fourth-order valence-electron chi connectivity index (χ4n) is 2.23. The van der Waals surface area contributed by atoms with Crippen molar-refractivity contribution >= 4 is 12.4 Å².